The molecule has 4 heterocycles. The summed E-state index contributed by atoms with van der Waals surface area (Å²) in [6, 6.07) is 3.87. The third kappa shape index (κ3) is 2.16. The van der Waals surface area contributed by atoms with E-state index in [1.165, 1.54) is 19.3 Å². The van der Waals surface area contributed by atoms with E-state index in [0.717, 1.165) is 24.1 Å². The average Bonchev–Trinajstić information content (AvgIpc) is 2.93. The van der Waals surface area contributed by atoms with Crippen LogP contribution in [0.25, 0.3) is 5.65 Å². The fourth-order valence-electron chi connectivity index (χ4n) is 3.57. The van der Waals surface area contributed by atoms with Gasteiger partial charge in [0.05, 0.1) is 0 Å². The van der Waals surface area contributed by atoms with E-state index in [1.807, 2.05) is 28.9 Å². The van der Waals surface area contributed by atoms with E-state index < -0.39 is 0 Å². The minimum absolute atomic E-state index is 0.226. The molecule has 2 atom stereocenters. The van der Waals surface area contributed by atoms with Gasteiger partial charge in [-0.25, -0.2) is 4.98 Å². The fraction of sp³-hybridized carbons (Fsp3) is 0.500. The SMILES string of the molecule is O=C(c1ccn2ccnc2c1)C1CC2CCCC(C1)S2. The number of carbonyl (C=O) groups is 1. The maximum absolute atomic E-state index is 12.8. The van der Waals surface area contributed by atoms with Crippen LogP contribution in [0.3, 0.4) is 0 Å². The number of thioether (sulfide) groups is 1. The van der Waals surface area contributed by atoms with Crippen LogP contribution in [0.15, 0.2) is 30.7 Å². The molecule has 0 radical (unpaired) electrons. The molecule has 2 aromatic rings. The molecule has 2 aliphatic rings. The normalized spacial score (nSPS) is 29.5. The number of hydrogen-bond acceptors (Lipinski definition) is 3. The summed E-state index contributed by atoms with van der Waals surface area (Å²) in [4.78, 5) is 17.0. The molecule has 2 saturated heterocycles. The number of Topliss-reactive ketones (excluding diaryl/α,β-unsaturated/α-hetero) is 1. The number of nitrogens with zero attached hydrogens (tertiary/aromatic N) is 2. The molecule has 4 heteroatoms. The molecule has 20 heavy (non-hydrogen) atoms. The van der Waals surface area contributed by atoms with Crippen molar-refractivity contribution in [2.45, 2.75) is 42.6 Å². The van der Waals surface area contributed by atoms with Crippen molar-refractivity contribution in [3.05, 3.63) is 36.3 Å². The van der Waals surface area contributed by atoms with Crippen LogP contribution in [0.5, 0.6) is 0 Å². The monoisotopic (exact) mass is 286 g/mol. The van der Waals surface area contributed by atoms with E-state index in [9.17, 15) is 4.79 Å². The van der Waals surface area contributed by atoms with Crippen molar-refractivity contribution in [3.63, 3.8) is 0 Å². The molecule has 3 nitrogen and oxygen atoms in total. The Labute approximate surface area is 122 Å². The number of fused-ring (bicyclic) bond motifs is 3. The van der Waals surface area contributed by atoms with E-state index in [2.05, 4.69) is 16.7 Å². The van der Waals surface area contributed by atoms with Gasteiger partial charge in [0.1, 0.15) is 5.65 Å². The average molecular weight is 286 g/mol. The summed E-state index contributed by atoms with van der Waals surface area (Å²) < 4.78 is 1.95. The van der Waals surface area contributed by atoms with E-state index in [4.69, 9.17) is 0 Å². The van der Waals surface area contributed by atoms with E-state index in [0.29, 0.717) is 16.3 Å². The zero-order valence-electron chi connectivity index (χ0n) is 11.4. The smallest absolute Gasteiger partial charge is 0.166 e. The Morgan fingerprint density at radius 3 is 2.85 bits per heavy atom. The van der Waals surface area contributed by atoms with Crippen molar-refractivity contribution >= 4 is 23.2 Å². The van der Waals surface area contributed by atoms with Crippen LogP contribution in [0, 0.1) is 5.92 Å². The van der Waals surface area contributed by atoms with Crippen LogP contribution in [0.4, 0.5) is 0 Å². The van der Waals surface area contributed by atoms with Gasteiger partial charge in [-0.05, 0) is 37.8 Å². The van der Waals surface area contributed by atoms with Crippen molar-refractivity contribution in [2.75, 3.05) is 0 Å². The molecule has 0 saturated carbocycles. The predicted octanol–water partition coefficient (Wildman–Crippen LogP) is 3.58. The highest BCUT2D eigenvalue weighted by molar-refractivity contribution is 8.00. The van der Waals surface area contributed by atoms with Crippen LogP contribution in [-0.4, -0.2) is 25.7 Å². The topological polar surface area (TPSA) is 34.4 Å². The number of aromatic nitrogens is 2. The summed E-state index contributed by atoms with van der Waals surface area (Å²) in [7, 11) is 0. The lowest BCUT2D eigenvalue weighted by Gasteiger charge is -2.37. The number of pyridine rings is 1. The number of carbonyl (C=O) groups excluding carboxylic acids is 1. The summed E-state index contributed by atoms with van der Waals surface area (Å²) in [6.07, 6.45) is 11.7. The van der Waals surface area contributed by atoms with Gasteiger partial charge in [-0.15, -0.1) is 0 Å². The maximum Gasteiger partial charge on any atom is 0.166 e. The molecule has 0 aliphatic carbocycles. The van der Waals surface area contributed by atoms with Gasteiger partial charge in [-0.1, -0.05) is 6.42 Å². The van der Waals surface area contributed by atoms with Crippen LogP contribution in [0.2, 0.25) is 0 Å². The van der Waals surface area contributed by atoms with E-state index >= 15 is 0 Å². The third-order valence-electron chi connectivity index (χ3n) is 4.59. The van der Waals surface area contributed by atoms with Crippen LogP contribution < -0.4 is 0 Å². The van der Waals surface area contributed by atoms with E-state index in [1.54, 1.807) is 6.20 Å². The van der Waals surface area contributed by atoms with Crippen molar-refractivity contribution in [1.29, 1.82) is 0 Å². The summed E-state index contributed by atoms with van der Waals surface area (Å²) in [5.74, 6) is 0.552. The Morgan fingerprint density at radius 1 is 1.25 bits per heavy atom. The first kappa shape index (κ1) is 12.5. The second kappa shape index (κ2) is 4.92. The molecule has 2 fully saturated rings. The molecule has 0 amide bonds. The highest BCUT2D eigenvalue weighted by Crippen LogP contribution is 2.44. The zero-order chi connectivity index (χ0) is 13.5. The van der Waals surface area contributed by atoms with Crippen LogP contribution >= 0.6 is 11.8 Å². The van der Waals surface area contributed by atoms with Crippen molar-refractivity contribution in [3.8, 4) is 0 Å². The summed E-state index contributed by atoms with van der Waals surface area (Å²) in [6.45, 7) is 0. The van der Waals surface area contributed by atoms with Crippen LogP contribution in [-0.2, 0) is 0 Å². The number of rotatable bonds is 2. The molecule has 0 spiro atoms. The Bertz CT molecular complexity index is 639. The third-order valence-corrected chi connectivity index (χ3v) is 6.21. The Morgan fingerprint density at radius 2 is 2.05 bits per heavy atom. The highest BCUT2D eigenvalue weighted by Gasteiger charge is 2.35. The van der Waals surface area contributed by atoms with Crippen molar-refractivity contribution in [1.82, 2.24) is 9.38 Å². The summed E-state index contributed by atoms with van der Waals surface area (Å²) >= 11 is 2.12. The fourth-order valence-corrected chi connectivity index (χ4v) is 5.41. The van der Waals surface area contributed by atoms with Crippen molar-refractivity contribution in [2.24, 2.45) is 5.92 Å². The lowest BCUT2D eigenvalue weighted by molar-refractivity contribution is 0.0896. The van der Waals surface area contributed by atoms with Gasteiger partial charge in [0.15, 0.2) is 5.78 Å². The van der Waals surface area contributed by atoms with Gasteiger partial charge in [0.25, 0.3) is 0 Å². The second-order valence-electron chi connectivity index (χ2n) is 5.95. The van der Waals surface area contributed by atoms with Gasteiger partial charge in [0, 0.05) is 40.6 Å². The Kier molecular flexibility index (Phi) is 3.06. The zero-order valence-corrected chi connectivity index (χ0v) is 12.2. The Balaban J connectivity index is 1.59. The molecule has 2 aromatic heterocycles. The van der Waals surface area contributed by atoms with Gasteiger partial charge in [-0.3, -0.25) is 4.79 Å². The molecule has 0 N–H and O–H groups in total. The lowest BCUT2D eigenvalue weighted by Crippen LogP contribution is -2.32. The molecule has 2 aliphatic heterocycles. The van der Waals surface area contributed by atoms with Gasteiger partial charge in [-0.2, -0.15) is 11.8 Å². The van der Waals surface area contributed by atoms with Crippen LogP contribution in [0.1, 0.15) is 42.5 Å². The highest BCUT2D eigenvalue weighted by atomic mass is 32.2. The molecule has 2 bridgehead atoms. The summed E-state index contributed by atoms with van der Waals surface area (Å²) in [5.41, 5.74) is 1.69. The number of hydrogen-bond donors (Lipinski definition) is 0. The molecular formula is C16H18N2OS. The first-order valence-electron chi connectivity index (χ1n) is 7.42. The minimum atomic E-state index is 0.226. The second-order valence-corrected chi connectivity index (χ2v) is 7.56. The first-order valence-corrected chi connectivity index (χ1v) is 8.36. The lowest BCUT2D eigenvalue weighted by atomic mass is 9.84. The first-order chi connectivity index (χ1) is 9.79. The van der Waals surface area contributed by atoms with E-state index in [-0.39, 0.29) is 5.92 Å². The van der Waals surface area contributed by atoms with Gasteiger partial charge in [0.2, 0.25) is 0 Å². The number of ketones is 1. The van der Waals surface area contributed by atoms with Crippen molar-refractivity contribution < 1.29 is 4.79 Å². The number of imidazole rings is 1. The molecule has 0 aromatic carbocycles. The molecule has 2 unspecified atom stereocenters. The quantitative estimate of drug-likeness (QED) is 0.791. The molecule has 4 rings (SSSR count). The van der Waals surface area contributed by atoms with Gasteiger partial charge < -0.3 is 4.40 Å². The Hall–Kier alpha value is -1.29. The minimum Gasteiger partial charge on any atom is -0.307 e. The maximum atomic E-state index is 12.8. The standard InChI is InChI=1S/C16H18N2OS/c19-16(11-4-6-18-7-5-17-15(18)10-11)12-8-13-2-1-3-14(9-12)20-13/h4-7,10,12-14H,1-3,8-9H2. The predicted molar refractivity (Wildman–Crippen MR) is 81.3 cm³/mol. The summed E-state index contributed by atoms with van der Waals surface area (Å²) in [5, 5.41) is 1.43. The molecule has 104 valence electrons. The molecular weight excluding hydrogens is 268 g/mol. The van der Waals surface area contributed by atoms with Gasteiger partial charge >= 0.3 is 0 Å². The largest absolute Gasteiger partial charge is 0.307 e.